The van der Waals surface area contributed by atoms with Crippen molar-refractivity contribution >= 4 is 35.5 Å². The van der Waals surface area contributed by atoms with E-state index in [1.54, 1.807) is 24.3 Å². The van der Waals surface area contributed by atoms with E-state index in [-0.39, 0.29) is 18.2 Å². The number of β-lactam (4-membered cyclic amide) rings is 1. The van der Waals surface area contributed by atoms with Crippen molar-refractivity contribution in [3.05, 3.63) is 46.7 Å². The Kier molecular flexibility index (Phi) is 5.22. The van der Waals surface area contributed by atoms with E-state index in [1.807, 2.05) is 6.92 Å². The van der Waals surface area contributed by atoms with E-state index in [4.69, 9.17) is 4.74 Å². The van der Waals surface area contributed by atoms with Gasteiger partial charge in [-0.15, -0.1) is 11.8 Å². The average Bonchev–Trinajstić information content (AvgIpc) is 2.63. The van der Waals surface area contributed by atoms with Crippen molar-refractivity contribution in [3.8, 4) is 0 Å². The van der Waals surface area contributed by atoms with Gasteiger partial charge in [-0.05, 0) is 19.1 Å². The van der Waals surface area contributed by atoms with Crippen LogP contribution in [0.3, 0.4) is 0 Å². The molecular weight excluding hydrogens is 372 g/mol. The maximum Gasteiger partial charge on any atom is 0.352 e. The van der Waals surface area contributed by atoms with E-state index >= 15 is 0 Å². The fourth-order valence-electron chi connectivity index (χ4n) is 2.91. The minimum Gasteiger partial charge on any atom is -0.477 e. The number of nitrogens with zero attached hydrogens (tertiary/aromatic N) is 1. The molecule has 2 aliphatic heterocycles. The summed E-state index contributed by atoms with van der Waals surface area (Å²) in [5.41, 5.74) is 1.62. The molecule has 9 heteroatoms. The van der Waals surface area contributed by atoms with Crippen molar-refractivity contribution in [2.75, 3.05) is 12.4 Å². The number of rotatable bonds is 5. The molecule has 1 unspecified atom stereocenters. The van der Waals surface area contributed by atoms with Crippen LogP contribution in [0, 0.1) is 6.92 Å². The highest BCUT2D eigenvalue weighted by molar-refractivity contribution is 8.00. The maximum atomic E-state index is 12.5. The first-order valence-corrected chi connectivity index (χ1v) is 9.25. The standard InChI is InChI=1S/C18H18N2O6S/c1-9-3-5-11(6-4-9)15(22)19-13-16(23)20-14(18(24)25)12(7-26-10(2)21)8-27-17(13)20/h3-6,13,17H,7-8H2,1-2H3,(H,19,22)(H,24,25)/t13?,17-/m0/s1. The van der Waals surface area contributed by atoms with Crippen LogP contribution in [-0.4, -0.2) is 57.5 Å². The number of amides is 2. The second-order valence-corrected chi connectivity index (χ2v) is 7.37. The summed E-state index contributed by atoms with van der Waals surface area (Å²) in [6.45, 7) is 2.95. The summed E-state index contributed by atoms with van der Waals surface area (Å²) >= 11 is 1.32. The zero-order valence-electron chi connectivity index (χ0n) is 14.7. The molecule has 2 heterocycles. The quantitative estimate of drug-likeness (QED) is 0.567. The number of carboxylic acid groups (broad SMARTS) is 1. The smallest absolute Gasteiger partial charge is 0.352 e. The Hall–Kier alpha value is -2.81. The zero-order chi connectivity index (χ0) is 19.7. The molecule has 2 amide bonds. The average molecular weight is 390 g/mol. The number of hydrogen-bond donors (Lipinski definition) is 2. The monoisotopic (exact) mass is 390 g/mol. The van der Waals surface area contributed by atoms with Crippen LogP contribution in [0.1, 0.15) is 22.8 Å². The molecule has 1 saturated heterocycles. The summed E-state index contributed by atoms with van der Waals surface area (Å²) in [5.74, 6) is -2.39. The number of aryl methyl sites for hydroxylation is 1. The van der Waals surface area contributed by atoms with Gasteiger partial charge in [-0.1, -0.05) is 17.7 Å². The Morgan fingerprint density at radius 2 is 1.96 bits per heavy atom. The second-order valence-electron chi connectivity index (χ2n) is 6.26. The number of fused-ring (bicyclic) bond motifs is 1. The summed E-state index contributed by atoms with van der Waals surface area (Å²) in [4.78, 5) is 48.6. The van der Waals surface area contributed by atoms with Crippen molar-refractivity contribution in [1.29, 1.82) is 0 Å². The Balaban J connectivity index is 1.75. The SMILES string of the molecule is CC(=O)OCC1=C(C(=O)O)N2C(=O)C(NC(=O)c3ccc(C)cc3)[C@@H]2SC1. The fraction of sp³-hybridized carbons (Fsp3) is 0.333. The second kappa shape index (κ2) is 7.43. The number of carbonyl (C=O) groups is 4. The van der Waals surface area contributed by atoms with Crippen LogP contribution < -0.4 is 5.32 Å². The number of benzene rings is 1. The lowest BCUT2D eigenvalue weighted by atomic mass is 10.0. The fourth-order valence-corrected chi connectivity index (χ4v) is 4.24. The third-order valence-corrected chi connectivity index (χ3v) is 5.64. The molecule has 1 aromatic carbocycles. The summed E-state index contributed by atoms with van der Waals surface area (Å²) in [7, 11) is 0. The minimum absolute atomic E-state index is 0.175. The van der Waals surface area contributed by atoms with Gasteiger partial charge in [-0.2, -0.15) is 0 Å². The van der Waals surface area contributed by atoms with Gasteiger partial charge >= 0.3 is 11.9 Å². The van der Waals surface area contributed by atoms with E-state index < -0.39 is 29.3 Å². The molecule has 0 radical (unpaired) electrons. The summed E-state index contributed by atoms with van der Waals surface area (Å²) in [6, 6.07) is 6.13. The largest absolute Gasteiger partial charge is 0.477 e. The third kappa shape index (κ3) is 3.68. The third-order valence-electron chi connectivity index (χ3n) is 4.30. The molecule has 0 aliphatic carbocycles. The van der Waals surface area contributed by atoms with Crippen molar-refractivity contribution in [2.45, 2.75) is 25.3 Å². The Bertz CT molecular complexity index is 848. The number of carbonyl (C=O) groups excluding carboxylic acids is 3. The molecule has 1 aromatic rings. The van der Waals surface area contributed by atoms with Crippen LogP contribution in [0.25, 0.3) is 0 Å². The van der Waals surface area contributed by atoms with Gasteiger partial charge in [0, 0.05) is 23.8 Å². The van der Waals surface area contributed by atoms with Gasteiger partial charge in [0.05, 0.1) is 0 Å². The summed E-state index contributed by atoms with van der Waals surface area (Å²) in [6.07, 6.45) is 0. The number of ether oxygens (including phenoxy) is 1. The molecule has 0 spiro atoms. The summed E-state index contributed by atoms with van der Waals surface area (Å²) in [5, 5.41) is 11.7. The molecule has 2 N–H and O–H groups in total. The molecule has 8 nitrogen and oxygen atoms in total. The van der Waals surface area contributed by atoms with Gasteiger partial charge in [0.25, 0.3) is 11.8 Å². The van der Waals surface area contributed by atoms with Crippen LogP contribution in [0.15, 0.2) is 35.5 Å². The molecule has 0 aromatic heterocycles. The molecule has 0 saturated carbocycles. The van der Waals surface area contributed by atoms with Crippen molar-refractivity contribution in [2.24, 2.45) is 0 Å². The highest BCUT2D eigenvalue weighted by Gasteiger charge is 2.54. The first-order valence-electron chi connectivity index (χ1n) is 8.20. The molecule has 3 rings (SSSR count). The lowest BCUT2D eigenvalue weighted by molar-refractivity contribution is -0.149. The van der Waals surface area contributed by atoms with Crippen LogP contribution in [0.4, 0.5) is 0 Å². The zero-order valence-corrected chi connectivity index (χ0v) is 15.5. The first kappa shape index (κ1) is 19.0. The molecular formula is C18H18N2O6S. The Labute approximate surface area is 159 Å². The van der Waals surface area contributed by atoms with Gasteiger partial charge in [-0.25, -0.2) is 4.79 Å². The Morgan fingerprint density at radius 1 is 1.30 bits per heavy atom. The van der Waals surface area contributed by atoms with E-state index in [9.17, 15) is 24.3 Å². The van der Waals surface area contributed by atoms with Gasteiger partial charge in [-0.3, -0.25) is 19.3 Å². The lowest BCUT2D eigenvalue weighted by Crippen LogP contribution is -2.70. The first-order chi connectivity index (χ1) is 12.8. The number of nitrogens with one attached hydrogen (secondary N) is 1. The van der Waals surface area contributed by atoms with E-state index in [2.05, 4.69) is 5.32 Å². The Morgan fingerprint density at radius 3 is 2.56 bits per heavy atom. The van der Waals surface area contributed by atoms with E-state index in [0.717, 1.165) is 10.5 Å². The highest BCUT2D eigenvalue weighted by atomic mass is 32.2. The molecule has 2 atom stereocenters. The van der Waals surface area contributed by atoms with Crippen molar-refractivity contribution < 1.29 is 29.0 Å². The minimum atomic E-state index is -1.26. The van der Waals surface area contributed by atoms with Gasteiger partial charge < -0.3 is 15.2 Å². The normalized spacial score (nSPS) is 21.3. The molecule has 27 heavy (non-hydrogen) atoms. The number of thioether (sulfide) groups is 1. The van der Waals surface area contributed by atoms with E-state index in [1.165, 1.54) is 18.7 Å². The molecule has 1 fully saturated rings. The van der Waals surface area contributed by atoms with E-state index in [0.29, 0.717) is 16.9 Å². The van der Waals surface area contributed by atoms with Crippen LogP contribution >= 0.6 is 11.8 Å². The predicted molar refractivity (Wildman–Crippen MR) is 96.8 cm³/mol. The molecule has 2 aliphatic rings. The topological polar surface area (TPSA) is 113 Å². The number of esters is 1. The van der Waals surface area contributed by atoms with Crippen molar-refractivity contribution in [1.82, 2.24) is 10.2 Å². The van der Waals surface area contributed by atoms with Crippen LogP contribution in [0.2, 0.25) is 0 Å². The number of aliphatic carboxylic acids is 1. The maximum absolute atomic E-state index is 12.5. The summed E-state index contributed by atoms with van der Waals surface area (Å²) < 4.78 is 4.88. The molecule has 0 bridgehead atoms. The number of carboxylic acids is 1. The van der Waals surface area contributed by atoms with Gasteiger partial charge in [0.2, 0.25) is 0 Å². The predicted octanol–water partition coefficient (Wildman–Crippen LogP) is 0.910. The molecule has 142 valence electrons. The van der Waals surface area contributed by atoms with Crippen molar-refractivity contribution in [3.63, 3.8) is 0 Å². The lowest BCUT2D eigenvalue weighted by Gasteiger charge is -2.49. The number of hydrogen-bond acceptors (Lipinski definition) is 6. The highest BCUT2D eigenvalue weighted by Crippen LogP contribution is 2.40. The van der Waals surface area contributed by atoms with Crippen LogP contribution in [-0.2, 0) is 19.1 Å². The van der Waals surface area contributed by atoms with Crippen LogP contribution in [0.5, 0.6) is 0 Å². The van der Waals surface area contributed by atoms with Gasteiger partial charge in [0.1, 0.15) is 23.7 Å². The van der Waals surface area contributed by atoms with Gasteiger partial charge in [0.15, 0.2) is 0 Å².